The van der Waals surface area contributed by atoms with Crippen molar-refractivity contribution in [3.63, 3.8) is 0 Å². The first-order valence-corrected chi connectivity index (χ1v) is 3.83. The molecule has 1 nitrogen and oxygen atoms in total. The van der Waals surface area contributed by atoms with Crippen molar-refractivity contribution in [2.45, 2.75) is 3.79 Å². The average molecular weight is 214 g/mol. The Morgan fingerprint density at radius 1 is 1.36 bits per heavy atom. The van der Waals surface area contributed by atoms with Gasteiger partial charge in [-0.25, -0.2) is 4.39 Å². The molecule has 0 fully saturated rings. The smallest absolute Gasteiger partial charge is 0.235 e. The molecule has 1 aromatic heterocycles. The Morgan fingerprint density at radius 2 is 2.00 bits per heavy atom. The molecule has 60 valence electrons. The minimum absolute atomic E-state index is 0.176. The van der Waals surface area contributed by atoms with Gasteiger partial charge in [-0.1, -0.05) is 34.8 Å². The van der Waals surface area contributed by atoms with Gasteiger partial charge in [-0.15, -0.1) is 0 Å². The van der Waals surface area contributed by atoms with Crippen molar-refractivity contribution in [1.82, 2.24) is 4.98 Å². The van der Waals surface area contributed by atoms with Crippen LogP contribution >= 0.6 is 34.8 Å². The zero-order valence-electron chi connectivity index (χ0n) is 5.19. The molecule has 0 aliphatic heterocycles. The number of pyridine rings is 1. The van der Waals surface area contributed by atoms with E-state index in [2.05, 4.69) is 4.98 Å². The maximum atomic E-state index is 12.8. The lowest BCUT2D eigenvalue weighted by Gasteiger charge is -2.09. The lowest BCUT2D eigenvalue weighted by atomic mass is 10.4. The van der Waals surface area contributed by atoms with Gasteiger partial charge in [0, 0.05) is 6.20 Å². The second-order valence-corrected chi connectivity index (χ2v) is 4.11. The quantitative estimate of drug-likeness (QED) is 0.605. The van der Waals surface area contributed by atoms with Gasteiger partial charge in [0.2, 0.25) is 3.79 Å². The third-order valence-corrected chi connectivity index (χ3v) is 1.56. The van der Waals surface area contributed by atoms with E-state index in [0.29, 0.717) is 0 Å². The lowest BCUT2D eigenvalue weighted by Crippen LogP contribution is -2.06. The summed E-state index contributed by atoms with van der Waals surface area (Å²) in [5.41, 5.74) is -0.176. The molecular weight excluding hydrogens is 211 g/mol. The van der Waals surface area contributed by atoms with Crippen molar-refractivity contribution in [3.8, 4) is 0 Å². The summed E-state index contributed by atoms with van der Waals surface area (Å²) in [5.74, 6) is -0.618. The van der Waals surface area contributed by atoms with Crippen molar-refractivity contribution in [3.05, 3.63) is 29.8 Å². The van der Waals surface area contributed by atoms with Gasteiger partial charge in [-0.2, -0.15) is 0 Å². The summed E-state index contributed by atoms with van der Waals surface area (Å²) in [6.07, 6.45) is 1.36. The van der Waals surface area contributed by atoms with E-state index >= 15 is 0 Å². The van der Waals surface area contributed by atoms with Crippen LogP contribution in [0.25, 0.3) is 0 Å². The summed E-state index contributed by atoms with van der Waals surface area (Å²) in [7, 11) is 0. The van der Waals surface area contributed by atoms with E-state index in [1.807, 2.05) is 0 Å². The highest BCUT2D eigenvalue weighted by Crippen LogP contribution is 2.37. The lowest BCUT2D eigenvalue weighted by molar-refractivity contribution is 0.603. The molecule has 0 spiro atoms. The summed E-state index contributed by atoms with van der Waals surface area (Å²) < 4.78 is 11.0. The van der Waals surface area contributed by atoms with Gasteiger partial charge in [-0.05, 0) is 12.1 Å². The summed E-state index contributed by atoms with van der Waals surface area (Å²) in [6, 6.07) is 2.61. The molecule has 1 rings (SSSR count). The van der Waals surface area contributed by atoms with Crippen LogP contribution in [0.5, 0.6) is 0 Å². The van der Waals surface area contributed by atoms with E-state index in [0.717, 1.165) is 0 Å². The molecular formula is C6H3Cl3FN. The maximum Gasteiger partial charge on any atom is 0.235 e. The average Bonchev–Trinajstić information content (AvgIpc) is 1.86. The summed E-state index contributed by atoms with van der Waals surface area (Å²) in [4.78, 5) is 3.58. The van der Waals surface area contributed by atoms with Crippen LogP contribution in [0.1, 0.15) is 5.69 Å². The maximum absolute atomic E-state index is 12.8. The van der Waals surface area contributed by atoms with Crippen molar-refractivity contribution in [2.24, 2.45) is 0 Å². The van der Waals surface area contributed by atoms with Gasteiger partial charge < -0.3 is 0 Å². The van der Waals surface area contributed by atoms with E-state index in [1.54, 1.807) is 0 Å². The second-order valence-electron chi connectivity index (χ2n) is 1.83. The highest BCUT2D eigenvalue weighted by molar-refractivity contribution is 6.66. The van der Waals surface area contributed by atoms with Crippen LogP contribution < -0.4 is 0 Å². The van der Waals surface area contributed by atoms with Gasteiger partial charge in [0.05, 0.1) is 0 Å². The highest BCUT2D eigenvalue weighted by Gasteiger charge is 2.27. The van der Waals surface area contributed by atoms with E-state index < -0.39 is 9.61 Å². The van der Waals surface area contributed by atoms with Crippen LogP contribution in [0.4, 0.5) is 4.39 Å². The molecule has 0 saturated heterocycles. The Hall–Kier alpha value is -0.0500. The fraction of sp³-hybridized carbons (Fsp3) is 0.167. The first-order chi connectivity index (χ1) is 5.02. The predicted octanol–water partition coefficient (Wildman–Crippen LogP) is 3.05. The number of aromatic nitrogens is 1. The van der Waals surface area contributed by atoms with E-state index in [4.69, 9.17) is 34.8 Å². The zero-order valence-corrected chi connectivity index (χ0v) is 7.46. The van der Waals surface area contributed by atoms with Crippen LogP contribution in [0.2, 0.25) is 0 Å². The highest BCUT2D eigenvalue weighted by atomic mass is 35.6. The molecule has 0 aliphatic rings. The number of hydrogen-bond acceptors (Lipinski definition) is 1. The summed E-state index contributed by atoms with van der Waals surface area (Å²) >= 11 is 16.2. The van der Waals surface area contributed by atoms with E-state index in [1.165, 1.54) is 18.3 Å². The SMILES string of the molecule is Fc1cccnc1C(Cl)(Cl)Cl. The Morgan fingerprint density at radius 3 is 2.36 bits per heavy atom. The first kappa shape index (κ1) is 9.04. The molecule has 0 radical (unpaired) electrons. The molecule has 0 N–H and O–H groups in total. The Kier molecular flexibility index (Phi) is 2.58. The minimum Gasteiger partial charge on any atom is -0.254 e. The van der Waals surface area contributed by atoms with Crippen molar-refractivity contribution < 1.29 is 4.39 Å². The zero-order chi connectivity index (χ0) is 8.48. The first-order valence-electron chi connectivity index (χ1n) is 2.69. The van der Waals surface area contributed by atoms with Gasteiger partial charge >= 0.3 is 0 Å². The Bertz CT molecular complexity index is 258. The third-order valence-electron chi connectivity index (χ3n) is 1.03. The minimum atomic E-state index is -1.79. The standard InChI is InChI=1S/C6H3Cl3FN/c7-6(8,9)5-4(10)2-1-3-11-5/h1-3H. The summed E-state index contributed by atoms with van der Waals surface area (Å²) in [5, 5.41) is 0. The van der Waals surface area contributed by atoms with Crippen molar-refractivity contribution in [2.75, 3.05) is 0 Å². The number of rotatable bonds is 0. The van der Waals surface area contributed by atoms with Crippen LogP contribution in [-0.2, 0) is 3.79 Å². The van der Waals surface area contributed by atoms with E-state index in [9.17, 15) is 4.39 Å². The van der Waals surface area contributed by atoms with Gasteiger partial charge in [-0.3, -0.25) is 4.98 Å². The normalized spacial score (nSPS) is 11.6. The molecule has 0 atom stereocenters. The van der Waals surface area contributed by atoms with Crippen LogP contribution in [-0.4, -0.2) is 4.98 Å². The molecule has 1 aromatic rings. The molecule has 0 aliphatic carbocycles. The van der Waals surface area contributed by atoms with Gasteiger partial charge in [0.15, 0.2) is 0 Å². The van der Waals surface area contributed by atoms with Gasteiger partial charge in [0.25, 0.3) is 0 Å². The fourth-order valence-electron chi connectivity index (χ4n) is 0.594. The largest absolute Gasteiger partial charge is 0.254 e. The molecule has 0 bridgehead atoms. The van der Waals surface area contributed by atoms with Crippen LogP contribution in [0, 0.1) is 5.82 Å². The predicted molar refractivity (Wildman–Crippen MR) is 43.4 cm³/mol. The molecule has 0 unspecified atom stereocenters. The molecule has 0 aromatic carbocycles. The third kappa shape index (κ3) is 2.19. The molecule has 0 saturated carbocycles. The molecule has 11 heavy (non-hydrogen) atoms. The van der Waals surface area contributed by atoms with Gasteiger partial charge in [0.1, 0.15) is 11.5 Å². The Balaban J connectivity index is 3.14. The number of alkyl halides is 3. The van der Waals surface area contributed by atoms with Crippen LogP contribution in [0.15, 0.2) is 18.3 Å². The Labute approximate surface area is 78.1 Å². The summed E-state index contributed by atoms with van der Waals surface area (Å²) in [6.45, 7) is 0. The topological polar surface area (TPSA) is 12.9 Å². The molecule has 1 heterocycles. The van der Waals surface area contributed by atoms with Crippen LogP contribution in [0.3, 0.4) is 0 Å². The molecule has 0 amide bonds. The molecule has 5 heteroatoms. The fourth-order valence-corrected chi connectivity index (χ4v) is 1.01. The number of nitrogens with zero attached hydrogens (tertiary/aromatic N) is 1. The number of hydrogen-bond donors (Lipinski definition) is 0. The monoisotopic (exact) mass is 213 g/mol. The van der Waals surface area contributed by atoms with E-state index in [-0.39, 0.29) is 5.69 Å². The second kappa shape index (κ2) is 3.13. The van der Waals surface area contributed by atoms with Crippen molar-refractivity contribution >= 4 is 34.8 Å². The van der Waals surface area contributed by atoms with Crippen molar-refractivity contribution in [1.29, 1.82) is 0 Å². The number of halogens is 4.